The molecule has 0 N–H and O–H groups in total. The first-order valence-corrected chi connectivity index (χ1v) is 9.87. The highest BCUT2D eigenvalue weighted by atomic mass is 16.5. The molecule has 7 heteroatoms. The Kier molecular flexibility index (Phi) is 4.35. The predicted octanol–water partition coefficient (Wildman–Crippen LogP) is 2.62. The number of hydrogen-bond acceptors (Lipinski definition) is 5. The molecular weight excluding hydrogens is 354 g/mol. The van der Waals surface area contributed by atoms with Gasteiger partial charge in [0.1, 0.15) is 17.4 Å². The number of nitrogens with zero attached hydrogens (tertiary/aromatic N) is 5. The lowest BCUT2D eigenvalue weighted by atomic mass is 10.3. The zero-order valence-corrected chi connectivity index (χ0v) is 15.7. The van der Waals surface area contributed by atoms with Crippen molar-refractivity contribution >= 4 is 17.4 Å². The largest absolute Gasteiger partial charge is 0.485 e. The molecule has 0 aliphatic carbocycles. The van der Waals surface area contributed by atoms with E-state index >= 15 is 0 Å². The minimum Gasteiger partial charge on any atom is -0.485 e. The van der Waals surface area contributed by atoms with Gasteiger partial charge in [0.25, 0.3) is 5.91 Å². The van der Waals surface area contributed by atoms with Crippen LogP contribution in [0.2, 0.25) is 0 Å². The summed E-state index contributed by atoms with van der Waals surface area (Å²) in [4.78, 5) is 26.0. The number of hydrogen-bond donors (Lipinski definition) is 0. The Morgan fingerprint density at radius 3 is 2.86 bits per heavy atom. The molecule has 28 heavy (non-hydrogen) atoms. The molecule has 2 aliphatic heterocycles. The van der Waals surface area contributed by atoms with E-state index in [2.05, 4.69) is 14.9 Å². The van der Waals surface area contributed by atoms with Crippen molar-refractivity contribution in [1.29, 1.82) is 0 Å². The third-order valence-corrected chi connectivity index (χ3v) is 5.47. The summed E-state index contributed by atoms with van der Waals surface area (Å²) in [5, 5.41) is 0. The number of likely N-dealkylation sites (tertiary alicyclic amines) is 1. The fourth-order valence-corrected chi connectivity index (χ4v) is 4.03. The van der Waals surface area contributed by atoms with Crippen LogP contribution in [0.1, 0.15) is 29.8 Å². The molecule has 0 saturated carbocycles. The fraction of sp³-hybridized carbons (Fsp3) is 0.381. The summed E-state index contributed by atoms with van der Waals surface area (Å²) in [6.07, 6.45) is 8.69. The number of imidazole rings is 1. The smallest absolute Gasteiger partial charge is 0.274 e. The van der Waals surface area contributed by atoms with Crippen LogP contribution >= 0.6 is 0 Å². The van der Waals surface area contributed by atoms with Crippen molar-refractivity contribution in [2.24, 2.45) is 0 Å². The Hall–Kier alpha value is -3.09. The molecular formula is C21H23N5O2. The van der Waals surface area contributed by atoms with Gasteiger partial charge >= 0.3 is 0 Å². The van der Waals surface area contributed by atoms with Gasteiger partial charge in [-0.2, -0.15) is 0 Å². The second kappa shape index (κ2) is 7.14. The van der Waals surface area contributed by atoms with Gasteiger partial charge in [-0.1, -0.05) is 6.07 Å². The zero-order valence-electron chi connectivity index (χ0n) is 15.7. The standard InChI is InChI=1S/C21H23N5O2/c27-21(17-15-25-12-2-1-7-19(25)23-17)26-13-8-16(14-26)28-18-6-5-9-22-20(18)24-10-3-4-11-24/h1-2,5-7,9,12,15-16H,3-4,8,10-11,13-14H2/t16-/m1/s1. The summed E-state index contributed by atoms with van der Waals surface area (Å²) in [6.45, 7) is 3.30. The van der Waals surface area contributed by atoms with E-state index in [1.807, 2.05) is 52.0 Å². The van der Waals surface area contributed by atoms with Gasteiger partial charge < -0.3 is 18.9 Å². The lowest BCUT2D eigenvalue weighted by Crippen LogP contribution is -2.31. The van der Waals surface area contributed by atoms with Gasteiger partial charge in [0, 0.05) is 44.6 Å². The molecule has 0 bridgehead atoms. The SMILES string of the molecule is O=C(c1cn2ccccc2n1)N1CC[C@@H](Oc2cccnc2N2CCCC2)C1. The number of aromatic nitrogens is 3. The Balaban J connectivity index is 1.28. The summed E-state index contributed by atoms with van der Waals surface area (Å²) in [5.41, 5.74) is 1.26. The molecule has 5 rings (SSSR count). The summed E-state index contributed by atoms with van der Waals surface area (Å²) < 4.78 is 8.14. The van der Waals surface area contributed by atoms with E-state index in [0.717, 1.165) is 36.7 Å². The third kappa shape index (κ3) is 3.17. The third-order valence-electron chi connectivity index (χ3n) is 5.47. The lowest BCUT2D eigenvalue weighted by Gasteiger charge is -2.22. The minimum atomic E-state index is -0.0410. The molecule has 2 aliphatic rings. The molecule has 3 aromatic heterocycles. The predicted molar refractivity (Wildman–Crippen MR) is 106 cm³/mol. The monoisotopic (exact) mass is 377 g/mol. The Labute approximate surface area is 163 Å². The van der Waals surface area contributed by atoms with E-state index < -0.39 is 0 Å². The first-order chi connectivity index (χ1) is 13.8. The quantitative estimate of drug-likeness (QED) is 0.699. The van der Waals surface area contributed by atoms with Crippen LogP contribution in [0.25, 0.3) is 5.65 Å². The van der Waals surface area contributed by atoms with Crippen molar-refractivity contribution in [3.8, 4) is 5.75 Å². The molecule has 144 valence electrons. The molecule has 3 aromatic rings. The van der Waals surface area contributed by atoms with Crippen LogP contribution in [0.5, 0.6) is 5.75 Å². The Bertz CT molecular complexity index is 962. The molecule has 0 aromatic carbocycles. The maximum absolute atomic E-state index is 12.9. The first kappa shape index (κ1) is 17.0. The number of fused-ring (bicyclic) bond motifs is 1. The number of amides is 1. The number of pyridine rings is 2. The summed E-state index contributed by atoms with van der Waals surface area (Å²) in [7, 11) is 0. The number of rotatable bonds is 4. The second-order valence-corrected chi connectivity index (χ2v) is 7.39. The molecule has 2 fully saturated rings. The lowest BCUT2D eigenvalue weighted by molar-refractivity contribution is 0.0767. The molecule has 7 nitrogen and oxygen atoms in total. The van der Waals surface area contributed by atoms with Gasteiger partial charge in [0.15, 0.2) is 11.6 Å². The van der Waals surface area contributed by atoms with Crippen LogP contribution in [-0.4, -0.2) is 57.5 Å². The van der Waals surface area contributed by atoms with Crippen molar-refractivity contribution in [2.75, 3.05) is 31.1 Å². The van der Waals surface area contributed by atoms with Crippen LogP contribution in [0.4, 0.5) is 5.82 Å². The molecule has 0 unspecified atom stereocenters. The van der Waals surface area contributed by atoms with Crippen LogP contribution in [0.3, 0.4) is 0 Å². The maximum Gasteiger partial charge on any atom is 0.274 e. The summed E-state index contributed by atoms with van der Waals surface area (Å²) in [5.74, 6) is 1.70. The topological polar surface area (TPSA) is 63.0 Å². The second-order valence-electron chi connectivity index (χ2n) is 7.39. The van der Waals surface area contributed by atoms with Crippen molar-refractivity contribution in [3.63, 3.8) is 0 Å². The summed E-state index contributed by atoms with van der Waals surface area (Å²) >= 11 is 0. The maximum atomic E-state index is 12.9. The highest BCUT2D eigenvalue weighted by molar-refractivity contribution is 5.93. The fourth-order valence-electron chi connectivity index (χ4n) is 4.03. The Morgan fingerprint density at radius 2 is 2.00 bits per heavy atom. The van der Waals surface area contributed by atoms with Gasteiger partial charge in [0.2, 0.25) is 0 Å². The summed E-state index contributed by atoms with van der Waals surface area (Å²) in [6, 6.07) is 9.63. The normalized spacial score (nSPS) is 19.5. The van der Waals surface area contributed by atoms with Gasteiger partial charge in [-0.05, 0) is 37.1 Å². The van der Waals surface area contributed by atoms with Gasteiger partial charge in [0.05, 0.1) is 6.54 Å². The van der Waals surface area contributed by atoms with Crippen LogP contribution in [-0.2, 0) is 0 Å². The molecule has 2 saturated heterocycles. The van der Waals surface area contributed by atoms with Crippen LogP contribution in [0, 0.1) is 0 Å². The number of carbonyl (C=O) groups excluding carboxylic acids is 1. The van der Waals surface area contributed by atoms with Crippen molar-refractivity contribution in [2.45, 2.75) is 25.4 Å². The van der Waals surface area contributed by atoms with Crippen molar-refractivity contribution in [3.05, 3.63) is 54.6 Å². The van der Waals surface area contributed by atoms with Gasteiger partial charge in [-0.15, -0.1) is 0 Å². The average Bonchev–Trinajstić information content (AvgIpc) is 3.48. The van der Waals surface area contributed by atoms with Crippen LogP contribution < -0.4 is 9.64 Å². The van der Waals surface area contributed by atoms with E-state index in [4.69, 9.17) is 4.74 Å². The molecule has 1 atom stereocenters. The van der Waals surface area contributed by atoms with E-state index in [-0.39, 0.29) is 12.0 Å². The molecule has 5 heterocycles. The van der Waals surface area contributed by atoms with E-state index in [0.29, 0.717) is 18.8 Å². The Morgan fingerprint density at radius 1 is 1.11 bits per heavy atom. The van der Waals surface area contributed by atoms with Gasteiger partial charge in [-0.3, -0.25) is 4.79 Å². The zero-order chi connectivity index (χ0) is 18.9. The average molecular weight is 377 g/mol. The molecule has 0 radical (unpaired) electrons. The highest BCUT2D eigenvalue weighted by Crippen LogP contribution is 2.30. The molecule has 0 spiro atoms. The van der Waals surface area contributed by atoms with Gasteiger partial charge in [-0.25, -0.2) is 9.97 Å². The number of ether oxygens (including phenoxy) is 1. The number of anilines is 1. The van der Waals surface area contributed by atoms with Crippen molar-refractivity contribution in [1.82, 2.24) is 19.3 Å². The van der Waals surface area contributed by atoms with Crippen LogP contribution in [0.15, 0.2) is 48.9 Å². The van der Waals surface area contributed by atoms with Crippen molar-refractivity contribution < 1.29 is 9.53 Å². The molecule has 1 amide bonds. The van der Waals surface area contributed by atoms with E-state index in [1.54, 1.807) is 6.20 Å². The van der Waals surface area contributed by atoms with E-state index in [1.165, 1.54) is 12.8 Å². The minimum absolute atomic E-state index is 0.0217. The number of carbonyl (C=O) groups is 1. The highest BCUT2D eigenvalue weighted by Gasteiger charge is 2.30. The first-order valence-electron chi connectivity index (χ1n) is 9.87. The van der Waals surface area contributed by atoms with E-state index in [9.17, 15) is 4.79 Å².